The number of hydrogen-bond acceptors (Lipinski definition) is 3. The Hall–Kier alpha value is -2.54. The highest BCUT2D eigenvalue weighted by Gasteiger charge is 2.48. The summed E-state index contributed by atoms with van der Waals surface area (Å²) in [7, 11) is 0. The van der Waals surface area contributed by atoms with Gasteiger partial charge in [0.05, 0.1) is 5.60 Å². The second-order valence-corrected chi connectivity index (χ2v) is 8.37. The van der Waals surface area contributed by atoms with Crippen molar-refractivity contribution < 1.29 is 27.8 Å². The van der Waals surface area contributed by atoms with Gasteiger partial charge < -0.3 is 14.7 Å². The Kier molecular flexibility index (Phi) is 5.73. The molecular weight excluding hydrogens is 395 g/mol. The summed E-state index contributed by atoms with van der Waals surface area (Å²) in [6, 6.07) is 10.8. The van der Waals surface area contributed by atoms with Crippen LogP contribution in [0.5, 0.6) is 0 Å². The Labute approximate surface area is 173 Å². The Morgan fingerprint density at radius 1 is 1.03 bits per heavy atom. The topological polar surface area (TPSA) is 49.8 Å². The highest BCUT2D eigenvalue weighted by molar-refractivity contribution is 5.69. The lowest BCUT2D eigenvalue weighted by Crippen LogP contribution is -2.60. The van der Waals surface area contributed by atoms with Gasteiger partial charge in [-0.1, -0.05) is 30.3 Å². The molecule has 0 radical (unpaired) electrons. The van der Waals surface area contributed by atoms with Crippen molar-refractivity contribution in [2.45, 2.75) is 62.8 Å². The molecule has 2 unspecified atom stereocenters. The van der Waals surface area contributed by atoms with Gasteiger partial charge in [0.2, 0.25) is 0 Å². The zero-order chi connectivity index (χ0) is 21.3. The van der Waals surface area contributed by atoms with E-state index in [0.29, 0.717) is 0 Å². The van der Waals surface area contributed by atoms with Gasteiger partial charge in [-0.15, -0.1) is 0 Å². The standard InChI is InChI=1S/C23H24F3NO3/c24-19-9-16(10-20(25)21(19)26)11-23(29)12-17-7-4-8-18(13-23)27(17)22(28)30-14-15-5-2-1-3-6-15/h1-3,5-6,9-10,17-18,29H,4,7-8,11-14H2. The van der Waals surface area contributed by atoms with E-state index in [4.69, 9.17) is 4.74 Å². The van der Waals surface area contributed by atoms with Crippen molar-refractivity contribution >= 4 is 6.09 Å². The van der Waals surface area contributed by atoms with Gasteiger partial charge in [-0.3, -0.25) is 0 Å². The summed E-state index contributed by atoms with van der Waals surface area (Å²) in [4.78, 5) is 14.5. The van der Waals surface area contributed by atoms with E-state index in [2.05, 4.69) is 0 Å². The molecule has 2 bridgehead atoms. The third-order valence-corrected chi connectivity index (χ3v) is 6.09. The van der Waals surface area contributed by atoms with Crippen LogP contribution >= 0.6 is 0 Å². The van der Waals surface area contributed by atoms with E-state index in [1.54, 1.807) is 4.90 Å². The van der Waals surface area contributed by atoms with E-state index in [0.717, 1.165) is 37.0 Å². The van der Waals surface area contributed by atoms with Gasteiger partial charge >= 0.3 is 6.09 Å². The summed E-state index contributed by atoms with van der Waals surface area (Å²) in [6.07, 6.45) is 2.55. The van der Waals surface area contributed by atoms with E-state index in [-0.39, 0.29) is 43.5 Å². The Morgan fingerprint density at radius 2 is 1.63 bits per heavy atom. The lowest BCUT2D eigenvalue weighted by atomic mass is 9.73. The maximum atomic E-state index is 13.6. The SMILES string of the molecule is O=C(OCc1ccccc1)N1C2CCCC1CC(O)(Cc1cc(F)c(F)c(F)c1)C2. The molecule has 0 aliphatic carbocycles. The average Bonchev–Trinajstić information content (AvgIpc) is 2.70. The van der Waals surface area contributed by atoms with Crippen LogP contribution in [0.3, 0.4) is 0 Å². The van der Waals surface area contributed by atoms with Crippen LogP contribution in [0.25, 0.3) is 0 Å². The lowest BCUT2D eigenvalue weighted by molar-refractivity contribution is -0.0846. The number of aliphatic hydroxyl groups is 1. The summed E-state index contributed by atoms with van der Waals surface area (Å²) < 4.78 is 45.9. The van der Waals surface area contributed by atoms with E-state index >= 15 is 0 Å². The molecular formula is C23H24F3NO3. The Morgan fingerprint density at radius 3 is 2.23 bits per heavy atom. The molecule has 2 atom stereocenters. The minimum Gasteiger partial charge on any atom is -0.445 e. The number of benzene rings is 2. The van der Waals surface area contributed by atoms with Gasteiger partial charge in [-0.25, -0.2) is 18.0 Å². The van der Waals surface area contributed by atoms with Crippen LogP contribution in [0, 0.1) is 17.5 Å². The summed E-state index contributed by atoms with van der Waals surface area (Å²) in [6.45, 7) is 0.175. The number of carbonyl (C=O) groups is 1. The Balaban J connectivity index is 1.45. The fraction of sp³-hybridized carbons (Fsp3) is 0.435. The van der Waals surface area contributed by atoms with Crippen molar-refractivity contribution in [3.8, 4) is 0 Å². The molecule has 0 aromatic heterocycles. The van der Waals surface area contributed by atoms with Crippen LogP contribution < -0.4 is 0 Å². The van der Waals surface area contributed by atoms with Crippen molar-refractivity contribution in [3.63, 3.8) is 0 Å². The largest absolute Gasteiger partial charge is 0.445 e. The van der Waals surface area contributed by atoms with E-state index in [1.807, 2.05) is 30.3 Å². The summed E-state index contributed by atoms with van der Waals surface area (Å²) in [5, 5.41) is 11.2. The molecule has 30 heavy (non-hydrogen) atoms. The first-order valence-electron chi connectivity index (χ1n) is 10.2. The number of nitrogens with zero attached hydrogens (tertiary/aromatic N) is 1. The highest BCUT2D eigenvalue weighted by atomic mass is 19.2. The molecule has 1 N–H and O–H groups in total. The van der Waals surface area contributed by atoms with Gasteiger partial charge in [0.15, 0.2) is 17.5 Å². The number of piperidine rings is 2. The van der Waals surface area contributed by atoms with E-state index in [1.165, 1.54) is 0 Å². The third-order valence-electron chi connectivity index (χ3n) is 6.09. The predicted octanol–water partition coefficient (Wildman–Crippen LogP) is 4.73. The summed E-state index contributed by atoms with van der Waals surface area (Å²) in [5.41, 5.74) is -0.125. The molecule has 160 valence electrons. The molecule has 2 aromatic carbocycles. The molecule has 2 heterocycles. The van der Waals surface area contributed by atoms with Gasteiger partial charge in [0.1, 0.15) is 6.61 Å². The van der Waals surface area contributed by atoms with E-state index < -0.39 is 29.1 Å². The molecule has 2 saturated heterocycles. The number of amides is 1. The first kappa shape index (κ1) is 20.7. The van der Waals surface area contributed by atoms with Crippen molar-refractivity contribution in [2.75, 3.05) is 0 Å². The number of hydrogen-bond donors (Lipinski definition) is 1. The molecule has 4 nitrogen and oxygen atoms in total. The van der Waals surface area contributed by atoms with Gasteiger partial charge in [-0.05, 0) is 55.4 Å². The number of carbonyl (C=O) groups excluding carboxylic acids is 1. The van der Waals surface area contributed by atoms with Crippen LogP contribution in [0.4, 0.5) is 18.0 Å². The van der Waals surface area contributed by atoms with Crippen molar-refractivity contribution in [2.24, 2.45) is 0 Å². The van der Waals surface area contributed by atoms with Gasteiger partial charge in [0, 0.05) is 18.5 Å². The molecule has 2 aliphatic rings. The fourth-order valence-electron chi connectivity index (χ4n) is 4.85. The quantitative estimate of drug-likeness (QED) is 0.729. The van der Waals surface area contributed by atoms with Crippen molar-refractivity contribution in [1.82, 2.24) is 4.90 Å². The Bertz CT molecular complexity index is 884. The fourth-order valence-corrected chi connectivity index (χ4v) is 4.85. The number of rotatable bonds is 4. The molecule has 2 aliphatic heterocycles. The predicted molar refractivity (Wildman–Crippen MR) is 104 cm³/mol. The molecule has 2 aromatic rings. The highest BCUT2D eigenvalue weighted by Crippen LogP contribution is 2.41. The minimum absolute atomic E-state index is 0.00101. The van der Waals surface area contributed by atoms with Gasteiger partial charge in [-0.2, -0.15) is 0 Å². The number of ether oxygens (including phenoxy) is 1. The normalized spacial score (nSPS) is 25.8. The molecule has 2 fully saturated rings. The monoisotopic (exact) mass is 419 g/mol. The smallest absolute Gasteiger partial charge is 0.410 e. The molecule has 0 saturated carbocycles. The maximum absolute atomic E-state index is 13.6. The molecule has 4 rings (SSSR count). The van der Waals surface area contributed by atoms with Crippen LogP contribution in [0.15, 0.2) is 42.5 Å². The average molecular weight is 419 g/mol. The van der Waals surface area contributed by atoms with Crippen LogP contribution in [-0.4, -0.2) is 33.8 Å². The second kappa shape index (κ2) is 8.30. The molecule has 7 heteroatoms. The van der Waals surface area contributed by atoms with E-state index in [9.17, 15) is 23.1 Å². The van der Waals surface area contributed by atoms with Crippen LogP contribution in [0.2, 0.25) is 0 Å². The molecule has 0 spiro atoms. The third kappa shape index (κ3) is 4.31. The zero-order valence-corrected chi connectivity index (χ0v) is 16.5. The van der Waals surface area contributed by atoms with Crippen molar-refractivity contribution in [1.29, 1.82) is 0 Å². The minimum atomic E-state index is -1.52. The number of halogens is 3. The van der Waals surface area contributed by atoms with Crippen molar-refractivity contribution in [3.05, 3.63) is 71.0 Å². The van der Waals surface area contributed by atoms with Gasteiger partial charge in [0.25, 0.3) is 0 Å². The second-order valence-electron chi connectivity index (χ2n) is 8.37. The zero-order valence-electron chi connectivity index (χ0n) is 16.5. The first-order chi connectivity index (χ1) is 14.3. The van der Waals surface area contributed by atoms with Crippen LogP contribution in [0.1, 0.15) is 43.2 Å². The summed E-state index contributed by atoms with van der Waals surface area (Å²) >= 11 is 0. The maximum Gasteiger partial charge on any atom is 0.410 e. The number of fused-ring (bicyclic) bond motifs is 2. The molecule has 1 amide bonds. The van der Waals surface area contributed by atoms with Crippen LogP contribution in [-0.2, 0) is 17.8 Å². The first-order valence-corrected chi connectivity index (χ1v) is 10.2. The lowest BCUT2D eigenvalue weighted by Gasteiger charge is -2.51. The summed E-state index contributed by atoms with van der Waals surface area (Å²) in [5.74, 6) is -4.05.